The minimum atomic E-state index is -0.150. The van der Waals surface area contributed by atoms with Crippen molar-refractivity contribution >= 4 is 22.6 Å². The number of rotatable bonds is 4. The molecular formula is C21H22N6O. The molecule has 7 heteroatoms. The van der Waals surface area contributed by atoms with Crippen LogP contribution in [0.1, 0.15) is 33.1 Å². The van der Waals surface area contributed by atoms with Gasteiger partial charge in [0.25, 0.3) is 5.91 Å². The summed E-state index contributed by atoms with van der Waals surface area (Å²) in [5.74, 6) is -0.150. The van der Waals surface area contributed by atoms with Crippen molar-refractivity contribution < 1.29 is 4.79 Å². The lowest BCUT2D eigenvalue weighted by Gasteiger charge is -2.10. The van der Waals surface area contributed by atoms with E-state index in [2.05, 4.69) is 25.0 Å². The maximum absolute atomic E-state index is 12.9. The average Bonchev–Trinajstić information content (AvgIpc) is 3.12. The summed E-state index contributed by atoms with van der Waals surface area (Å²) in [4.78, 5) is 21.7. The number of amides is 1. The third kappa shape index (κ3) is 3.15. The summed E-state index contributed by atoms with van der Waals surface area (Å²) in [6.07, 6.45) is 3.44. The first-order chi connectivity index (χ1) is 13.4. The molecule has 0 aliphatic rings. The second kappa shape index (κ2) is 6.92. The highest BCUT2D eigenvalue weighted by atomic mass is 16.1. The second-order valence-corrected chi connectivity index (χ2v) is 6.95. The molecule has 0 unspecified atom stereocenters. The van der Waals surface area contributed by atoms with Crippen LogP contribution < -0.4 is 5.32 Å². The lowest BCUT2D eigenvalue weighted by Crippen LogP contribution is -2.14. The highest BCUT2D eigenvalue weighted by Crippen LogP contribution is 2.22. The summed E-state index contributed by atoms with van der Waals surface area (Å²) in [5, 5.41) is 8.27. The standard InChI is InChI=1S/C21H22N6O/c1-13-9-19(15(3)27(13)12-16-7-5-6-8-22-16)21(28)24-17-10-18-14(2)25-26(4)20(18)23-11-17/h5-11H,12H2,1-4H3,(H,24,28). The Bertz CT molecular complexity index is 1170. The van der Waals surface area contributed by atoms with Crippen LogP contribution in [0.2, 0.25) is 0 Å². The van der Waals surface area contributed by atoms with Gasteiger partial charge in [-0.15, -0.1) is 0 Å². The number of aryl methyl sites for hydroxylation is 3. The Balaban J connectivity index is 1.60. The number of hydrogen-bond donors (Lipinski definition) is 1. The molecule has 0 fully saturated rings. The van der Waals surface area contributed by atoms with Gasteiger partial charge < -0.3 is 9.88 Å². The van der Waals surface area contributed by atoms with E-state index in [1.54, 1.807) is 17.1 Å². The van der Waals surface area contributed by atoms with E-state index in [4.69, 9.17) is 0 Å². The monoisotopic (exact) mass is 374 g/mol. The lowest BCUT2D eigenvalue weighted by molar-refractivity contribution is 0.102. The predicted molar refractivity (Wildman–Crippen MR) is 108 cm³/mol. The third-order valence-electron chi connectivity index (χ3n) is 4.99. The number of aromatic nitrogens is 5. The highest BCUT2D eigenvalue weighted by molar-refractivity contribution is 6.05. The van der Waals surface area contributed by atoms with Crippen LogP contribution in [0.3, 0.4) is 0 Å². The molecule has 0 aromatic carbocycles. The van der Waals surface area contributed by atoms with Crippen LogP contribution in [0, 0.1) is 20.8 Å². The van der Waals surface area contributed by atoms with Crippen LogP contribution in [-0.2, 0) is 13.6 Å². The molecule has 0 spiro atoms. The Morgan fingerprint density at radius 2 is 1.96 bits per heavy atom. The fraction of sp³-hybridized carbons (Fsp3) is 0.238. The zero-order chi connectivity index (χ0) is 19.8. The summed E-state index contributed by atoms with van der Waals surface area (Å²) in [7, 11) is 1.86. The molecule has 0 saturated carbocycles. The van der Waals surface area contributed by atoms with Gasteiger partial charge in [-0.2, -0.15) is 5.10 Å². The first kappa shape index (κ1) is 17.9. The van der Waals surface area contributed by atoms with Gasteiger partial charge >= 0.3 is 0 Å². The largest absolute Gasteiger partial charge is 0.342 e. The summed E-state index contributed by atoms with van der Waals surface area (Å²) < 4.78 is 3.84. The van der Waals surface area contributed by atoms with Crippen molar-refractivity contribution in [1.82, 2.24) is 24.3 Å². The topological polar surface area (TPSA) is 77.6 Å². The molecule has 4 rings (SSSR count). The van der Waals surface area contributed by atoms with Crippen molar-refractivity contribution in [1.29, 1.82) is 0 Å². The minimum absolute atomic E-state index is 0.150. The Morgan fingerprint density at radius 3 is 2.71 bits per heavy atom. The van der Waals surface area contributed by atoms with E-state index >= 15 is 0 Å². The average molecular weight is 374 g/mol. The SMILES string of the molecule is Cc1nn(C)c2ncc(NC(=O)c3cc(C)n(Cc4ccccn4)c3C)cc12. The Hall–Kier alpha value is -3.48. The smallest absolute Gasteiger partial charge is 0.257 e. The summed E-state index contributed by atoms with van der Waals surface area (Å²) >= 11 is 0. The van der Waals surface area contributed by atoms with Gasteiger partial charge in [-0.1, -0.05) is 6.07 Å². The number of nitrogens with one attached hydrogen (secondary N) is 1. The van der Waals surface area contributed by atoms with Crippen molar-refractivity contribution in [2.24, 2.45) is 7.05 Å². The van der Waals surface area contributed by atoms with E-state index in [0.717, 1.165) is 33.8 Å². The summed E-state index contributed by atoms with van der Waals surface area (Å²) in [6, 6.07) is 9.67. The number of carbonyl (C=O) groups excluding carboxylic acids is 1. The molecule has 0 aliphatic heterocycles. The molecule has 0 atom stereocenters. The van der Waals surface area contributed by atoms with Crippen LogP contribution in [-0.4, -0.2) is 30.2 Å². The van der Waals surface area contributed by atoms with E-state index in [1.165, 1.54) is 0 Å². The number of hydrogen-bond acceptors (Lipinski definition) is 4. The Morgan fingerprint density at radius 1 is 1.14 bits per heavy atom. The molecule has 1 amide bonds. The summed E-state index contributed by atoms with van der Waals surface area (Å²) in [5.41, 5.74) is 5.87. The Kier molecular flexibility index (Phi) is 4.43. The van der Waals surface area contributed by atoms with E-state index in [-0.39, 0.29) is 5.91 Å². The zero-order valence-corrected chi connectivity index (χ0v) is 16.4. The quantitative estimate of drug-likeness (QED) is 0.594. The number of anilines is 1. The normalized spacial score (nSPS) is 11.1. The van der Waals surface area contributed by atoms with Crippen molar-refractivity contribution in [3.63, 3.8) is 0 Å². The van der Waals surface area contributed by atoms with Gasteiger partial charge in [0.2, 0.25) is 0 Å². The second-order valence-electron chi connectivity index (χ2n) is 6.95. The van der Waals surface area contributed by atoms with Gasteiger partial charge in [-0.05, 0) is 45.0 Å². The van der Waals surface area contributed by atoms with Crippen LogP contribution in [0.25, 0.3) is 11.0 Å². The molecule has 0 radical (unpaired) electrons. The third-order valence-corrected chi connectivity index (χ3v) is 4.99. The van der Waals surface area contributed by atoms with Crippen molar-refractivity contribution in [3.8, 4) is 0 Å². The number of nitrogens with zero attached hydrogens (tertiary/aromatic N) is 5. The molecule has 142 valence electrons. The van der Waals surface area contributed by atoms with Crippen molar-refractivity contribution in [2.75, 3.05) is 5.32 Å². The van der Waals surface area contributed by atoms with E-state index < -0.39 is 0 Å². The zero-order valence-electron chi connectivity index (χ0n) is 16.4. The predicted octanol–water partition coefficient (Wildman–Crippen LogP) is 3.39. The molecule has 28 heavy (non-hydrogen) atoms. The molecular weight excluding hydrogens is 352 g/mol. The fourth-order valence-corrected chi connectivity index (χ4v) is 3.50. The maximum atomic E-state index is 12.9. The molecule has 7 nitrogen and oxygen atoms in total. The van der Waals surface area contributed by atoms with Gasteiger partial charge in [-0.25, -0.2) is 4.98 Å². The van der Waals surface area contributed by atoms with Gasteiger partial charge in [-0.3, -0.25) is 14.5 Å². The van der Waals surface area contributed by atoms with E-state index in [1.807, 2.05) is 58.2 Å². The molecule has 4 heterocycles. The van der Waals surface area contributed by atoms with Crippen LogP contribution in [0.5, 0.6) is 0 Å². The van der Waals surface area contributed by atoms with Crippen LogP contribution >= 0.6 is 0 Å². The Labute approximate surface area is 163 Å². The van der Waals surface area contributed by atoms with Crippen molar-refractivity contribution in [3.05, 3.63) is 71.1 Å². The summed E-state index contributed by atoms with van der Waals surface area (Å²) in [6.45, 7) is 6.52. The van der Waals surface area contributed by atoms with Gasteiger partial charge in [0.05, 0.1) is 35.4 Å². The van der Waals surface area contributed by atoms with E-state index in [9.17, 15) is 4.79 Å². The fourth-order valence-electron chi connectivity index (χ4n) is 3.50. The van der Waals surface area contributed by atoms with Gasteiger partial charge in [0.15, 0.2) is 5.65 Å². The van der Waals surface area contributed by atoms with Crippen LogP contribution in [0.15, 0.2) is 42.7 Å². The number of carbonyl (C=O) groups is 1. The number of fused-ring (bicyclic) bond motifs is 1. The first-order valence-corrected chi connectivity index (χ1v) is 9.11. The van der Waals surface area contributed by atoms with Crippen molar-refractivity contribution in [2.45, 2.75) is 27.3 Å². The minimum Gasteiger partial charge on any atom is -0.342 e. The molecule has 0 bridgehead atoms. The molecule has 4 aromatic heterocycles. The van der Waals surface area contributed by atoms with Gasteiger partial charge in [0, 0.05) is 30.0 Å². The van der Waals surface area contributed by atoms with Crippen LogP contribution in [0.4, 0.5) is 5.69 Å². The molecule has 1 N–H and O–H groups in total. The van der Waals surface area contributed by atoms with Gasteiger partial charge in [0.1, 0.15) is 0 Å². The number of pyridine rings is 2. The lowest BCUT2D eigenvalue weighted by atomic mass is 10.2. The maximum Gasteiger partial charge on any atom is 0.257 e. The molecule has 0 saturated heterocycles. The molecule has 0 aliphatic carbocycles. The van der Waals surface area contributed by atoms with E-state index in [0.29, 0.717) is 17.8 Å². The molecule has 4 aromatic rings. The first-order valence-electron chi connectivity index (χ1n) is 9.11. The highest BCUT2D eigenvalue weighted by Gasteiger charge is 2.17.